The molecule has 1 aliphatic heterocycles. The maximum Gasteiger partial charge on any atom is 0.236 e. The zero-order chi connectivity index (χ0) is 13.7. The van der Waals surface area contributed by atoms with Gasteiger partial charge in [0.2, 0.25) is 5.91 Å². The first-order chi connectivity index (χ1) is 9.24. The van der Waals surface area contributed by atoms with E-state index in [1.54, 1.807) is 20.4 Å². The fourth-order valence-corrected chi connectivity index (χ4v) is 2.15. The number of piperazine rings is 1. The van der Waals surface area contributed by atoms with E-state index in [9.17, 15) is 4.79 Å². The van der Waals surface area contributed by atoms with Gasteiger partial charge in [0.15, 0.2) is 0 Å². The van der Waals surface area contributed by atoms with E-state index in [1.165, 1.54) is 0 Å². The average Bonchev–Trinajstić information content (AvgIpc) is 2.48. The summed E-state index contributed by atoms with van der Waals surface area (Å²) in [5, 5.41) is 2.89. The van der Waals surface area contributed by atoms with Crippen LogP contribution in [0.4, 0.5) is 5.82 Å². The summed E-state index contributed by atoms with van der Waals surface area (Å²) in [6.45, 7) is 3.47. The Balaban J connectivity index is 1.94. The molecule has 2 rings (SSSR count). The number of hydrogen-bond acceptors (Lipinski definition) is 5. The van der Waals surface area contributed by atoms with E-state index in [1.807, 2.05) is 17.0 Å². The van der Waals surface area contributed by atoms with E-state index < -0.39 is 0 Å². The Morgan fingerprint density at radius 1 is 1.42 bits per heavy atom. The standard InChI is InChI=1S/C13H20N4O2/c1-14-10-13(18)17-7-5-16(6-8-17)12-9-11(19-2)3-4-15-12/h3-4,9,14H,5-8,10H2,1-2H3. The number of nitrogens with zero attached hydrogens (tertiary/aromatic N) is 3. The lowest BCUT2D eigenvalue weighted by molar-refractivity contribution is -0.130. The third-order valence-electron chi connectivity index (χ3n) is 3.24. The fraction of sp³-hybridized carbons (Fsp3) is 0.538. The lowest BCUT2D eigenvalue weighted by Crippen LogP contribution is -2.50. The van der Waals surface area contributed by atoms with Crippen molar-refractivity contribution < 1.29 is 9.53 Å². The van der Waals surface area contributed by atoms with Gasteiger partial charge in [-0.1, -0.05) is 0 Å². The van der Waals surface area contributed by atoms with Crippen LogP contribution in [0.1, 0.15) is 0 Å². The molecule has 1 aromatic rings. The Morgan fingerprint density at radius 3 is 2.79 bits per heavy atom. The van der Waals surface area contributed by atoms with Crippen molar-refractivity contribution in [2.75, 3.05) is 51.8 Å². The zero-order valence-corrected chi connectivity index (χ0v) is 11.4. The van der Waals surface area contributed by atoms with Crippen LogP contribution in [0.25, 0.3) is 0 Å². The number of methoxy groups -OCH3 is 1. The van der Waals surface area contributed by atoms with Crippen molar-refractivity contribution in [1.82, 2.24) is 15.2 Å². The number of carbonyl (C=O) groups excluding carboxylic acids is 1. The largest absolute Gasteiger partial charge is 0.497 e. The third kappa shape index (κ3) is 3.35. The summed E-state index contributed by atoms with van der Waals surface area (Å²) in [6.07, 6.45) is 1.74. The molecule has 104 valence electrons. The summed E-state index contributed by atoms with van der Waals surface area (Å²) in [4.78, 5) is 20.2. The summed E-state index contributed by atoms with van der Waals surface area (Å²) in [7, 11) is 3.43. The number of ether oxygens (including phenoxy) is 1. The Labute approximate surface area is 113 Å². The summed E-state index contributed by atoms with van der Waals surface area (Å²) in [5.41, 5.74) is 0. The van der Waals surface area contributed by atoms with Gasteiger partial charge in [-0.15, -0.1) is 0 Å². The number of nitrogens with one attached hydrogen (secondary N) is 1. The molecule has 1 aromatic heterocycles. The highest BCUT2D eigenvalue weighted by molar-refractivity contribution is 5.78. The Hall–Kier alpha value is -1.82. The molecule has 6 heteroatoms. The Bertz CT molecular complexity index is 430. The molecule has 0 aromatic carbocycles. The Kier molecular flexibility index (Phi) is 4.57. The maximum absolute atomic E-state index is 11.8. The summed E-state index contributed by atoms with van der Waals surface area (Å²) < 4.78 is 5.20. The lowest BCUT2D eigenvalue weighted by Gasteiger charge is -2.35. The molecule has 1 saturated heterocycles. The van der Waals surface area contributed by atoms with E-state index in [2.05, 4.69) is 15.2 Å². The molecule has 0 spiro atoms. The average molecular weight is 264 g/mol. The number of anilines is 1. The number of hydrogen-bond donors (Lipinski definition) is 1. The van der Waals surface area contributed by atoms with Crippen LogP contribution in [0.5, 0.6) is 5.75 Å². The monoisotopic (exact) mass is 264 g/mol. The molecule has 1 fully saturated rings. The molecule has 19 heavy (non-hydrogen) atoms. The first kappa shape index (κ1) is 13.6. The molecule has 0 unspecified atom stereocenters. The SMILES string of the molecule is CNCC(=O)N1CCN(c2cc(OC)ccn2)CC1. The number of pyridine rings is 1. The van der Waals surface area contributed by atoms with E-state index in [4.69, 9.17) is 4.74 Å². The van der Waals surface area contributed by atoms with Gasteiger partial charge >= 0.3 is 0 Å². The molecular weight excluding hydrogens is 244 g/mol. The molecule has 1 aliphatic rings. The highest BCUT2D eigenvalue weighted by atomic mass is 16.5. The van der Waals surface area contributed by atoms with Crippen molar-refractivity contribution in [3.63, 3.8) is 0 Å². The highest BCUT2D eigenvalue weighted by Gasteiger charge is 2.21. The van der Waals surface area contributed by atoms with Gasteiger partial charge < -0.3 is 19.9 Å². The second-order valence-corrected chi connectivity index (χ2v) is 4.45. The van der Waals surface area contributed by atoms with Crippen molar-refractivity contribution in [3.8, 4) is 5.75 Å². The number of aromatic nitrogens is 1. The predicted octanol–water partition coefficient (Wildman–Crippen LogP) is -0.0418. The van der Waals surface area contributed by atoms with E-state index >= 15 is 0 Å². The first-order valence-corrected chi connectivity index (χ1v) is 6.42. The molecule has 1 N–H and O–H groups in total. The van der Waals surface area contributed by atoms with Crippen LogP contribution in [-0.4, -0.2) is 62.7 Å². The van der Waals surface area contributed by atoms with Crippen LogP contribution in [-0.2, 0) is 4.79 Å². The van der Waals surface area contributed by atoms with Crippen molar-refractivity contribution in [2.24, 2.45) is 0 Å². The zero-order valence-electron chi connectivity index (χ0n) is 11.4. The first-order valence-electron chi connectivity index (χ1n) is 6.42. The molecule has 0 atom stereocenters. The van der Waals surface area contributed by atoms with Crippen molar-refractivity contribution in [2.45, 2.75) is 0 Å². The van der Waals surface area contributed by atoms with Gasteiger partial charge in [-0.3, -0.25) is 4.79 Å². The van der Waals surface area contributed by atoms with Crippen LogP contribution < -0.4 is 15.0 Å². The molecule has 0 saturated carbocycles. The molecule has 0 radical (unpaired) electrons. The van der Waals surface area contributed by atoms with Crippen LogP contribution >= 0.6 is 0 Å². The number of carbonyl (C=O) groups is 1. The smallest absolute Gasteiger partial charge is 0.236 e. The maximum atomic E-state index is 11.8. The quantitative estimate of drug-likeness (QED) is 0.827. The van der Waals surface area contributed by atoms with Crippen molar-refractivity contribution >= 4 is 11.7 Å². The van der Waals surface area contributed by atoms with E-state index in [0.717, 1.165) is 37.7 Å². The molecule has 1 amide bonds. The number of amides is 1. The molecule has 0 bridgehead atoms. The van der Waals surface area contributed by atoms with Gasteiger partial charge in [-0.05, 0) is 13.1 Å². The number of likely N-dealkylation sites (N-methyl/N-ethyl adjacent to an activating group) is 1. The van der Waals surface area contributed by atoms with Crippen molar-refractivity contribution in [1.29, 1.82) is 0 Å². The molecule has 6 nitrogen and oxygen atoms in total. The van der Waals surface area contributed by atoms with Gasteiger partial charge in [0.1, 0.15) is 11.6 Å². The normalized spacial score (nSPS) is 15.5. The van der Waals surface area contributed by atoms with Gasteiger partial charge in [0.25, 0.3) is 0 Å². The van der Waals surface area contributed by atoms with Crippen LogP contribution in [0.2, 0.25) is 0 Å². The van der Waals surface area contributed by atoms with Crippen LogP contribution in [0.3, 0.4) is 0 Å². The second kappa shape index (κ2) is 6.38. The molecule has 0 aliphatic carbocycles. The van der Waals surface area contributed by atoms with Crippen LogP contribution in [0, 0.1) is 0 Å². The molecular formula is C13H20N4O2. The minimum atomic E-state index is 0.153. The van der Waals surface area contributed by atoms with Gasteiger partial charge in [-0.25, -0.2) is 4.98 Å². The predicted molar refractivity (Wildman–Crippen MR) is 73.5 cm³/mol. The minimum Gasteiger partial charge on any atom is -0.497 e. The van der Waals surface area contributed by atoms with Crippen molar-refractivity contribution in [3.05, 3.63) is 18.3 Å². The van der Waals surface area contributed by atoms with Gasteiger partial charge in [0.05, 0.1) is 13.7 Å². The molecule has 2 heterocycles. The van der Waals surface area contributed by atoms with Gasteiger partial charge in [-0.2, -0.15) is 0 Å². The number of rotatable bonds is 4. The minimum absolute atomic E-state index is 0.153. The summed E-state index contributed by atoms with van der Waals surface area (Å²) in [6, 6.07) is 3.75. The van der Waals surface area contributed by atoms with E-state index in [-0.39, 0.29) is 5.91 Å². The van der Waals surface area contributed by atoms with Crippen LogP contribution in [0.15, 0.2) is 18.3 Å². The Morgan fingerprint density at radius 2 is 2.16 bits per heavy atom. The third-order valence-corrected chi connectivity index (χ3v) is 3.24. The summed E-state index contributed by atoms with van der Waals surface area (Å²) in [5.74, 6) is 1.86. The highest BCUT2D eigenvalue weighted by Crippen LogP contribution is 2.19. The topological polar surface area (TPSA) is 57.7 Å². The van der Waals surface area contributed by atoms with Gasteiger partial charge in [0, 0.05) is 38.4 Å². The summed E-state index contributed by atoms with van der Waals surface area (Å²) >= 11 is 0. The lowest BCUT2D eigenvalue weighted by atomic mass is 10.3. The fourth-order valence-electron chi connectivity index (χ4n) is 2.15. The second-order valence-electron chi connectivity index (χ2n) is 4.45. The van der Waals surface area contributed by atoms with E-state index in [0.29, 0.717) is 6.54 Å².